The first-order valence-corrected chi connectivity index (χ1v) is 7.98. The number of amides is 2. The second-order valence-corrected chi connectivity index (χ2v) is 6.63. The lowest BCUT2D eigenvalue weighted by molar-refractivity contribution is -0.121. The zero-order valence-electron chi connectivity index (χ0n) is 12.1. The Morgan fingerprint density at radius 3 is 2.68 bits per heavy atom. The fourth-order valence-corrected chi connectivity index (χ4v) is 3.04. The topological polar surface area (TPSA) is 82.9 Å². The minimum Gasteiger partial charge on any atom is -0.301 e. The molecule has 3 rings (SSSR count). The van der Waals surface area contributed by atoms with E-state index < -0.39 is 0 Å². The summed E-state index contributed by atoms with van der Waals surface area (Å²) in [5.41, 5.74) is 4.79. The second kappa shape index (κ2) is 6.31. The predicted molar refractivity (Wildman–Crippen MR) is 87.2 cm³/mol. The Hall–Kier alpha value is -2.15. The monoisotopic (exact) mass is 316 g/mol. The van der Waals surface area contributed by atoms with Crippen LogP contribution in [0.4, 0.5) is 0 Å². The zero-order chi connectivity index (χ0) is 15.5. The van der Waals surface area contributed by atoms with E-state index in [9.17, 15) is 9.59 Å². The van der Waals surface area contributed by atoms with Gasteiger partial charge in [0.05, 0.1) is 12.3 Å². The molecule has 1 aromatic carbocycles. The molecule has 0 spiro atoms. The van der Waals surface area contributed by atoms with Crippen LogP contribution in [0, 0.1) is 0 Å². The third-order valence-corrected chi connectivity index (χ3v) is 4.42. The van der Waals surface area contributed by atoms with Crippen LogP contribution >= 0.6 is 11.8 Å². The summed E-state index contributed by atoms with van der Waals surface area (Å²) < 4.78 is 0. The summed E-state index contributed by atoms with van der Waals surface area (Å²) in [5.74, 6) is -0.227. The molecule has 22 heavy (non-hydrogen) atoms. The molecule has 2 heterocycles. The average Bonchev–Trinajstić information content (AvgIpc) is 2.93. The van der Waals surface area contributed by atoms with E-state index in [1.54, 1.807) is 23.9 Å². The normalized spacial score (nSPS) is 21.0. The number of aliphatic imine (C=N–C) groups is 1. The molecule has 2 aliphatic rings. The van der Waals surface area contributed by atoms with E-state index in [4.69, 9.17) is 0 Å². The smallest absolute Gasteiger partial charge is 0.257 e. The number of benzene rings is 1. The number of nitrogens with one attached hydrogen (secondary N) is 2. The highest BCUT2D eigenvalue weighted by Gasteiger charge is 2.18. The van der Waals surface area contributed by atoms with Gasteiger partial charge in [0.25, 0.3) is 5.91 Å². The molecule has 1 unspecified atom stereocenters. The van der Waals surface area contributed by atoms with E-state index >= 15 is 0 Å². The molecule has 6 nitrogen and oxygen atoms in total. The second-order valence-electron chi connectivity index (χ2n) is 5.20. The average molecular weight is 316 g/mol. The molecule has 2 amide bonds. The molecule has 0 saturated heterocycles. The van der Waals surface area contributed by atoms with Crippen LogP contribution in [-0.2, 0) is 4.79 Å². The van der Waals surface area contributed by atoms with E-state index in [0.717, 1.165) is 17.8 Å². The minimum absolute atomic E-state index is 0.0659. The molecule has 2 aliphatic heterocycles. The van der Waals surface area contributed by atoms with Gasteiger partial charge >= 0.3 is 0 Å². The Balaban J connectivity index is 1.66. The first-order valence-electron chi connectivity index (χ1n) is 7.10. The lowest BCUT2D eigenvalue weighted by atomic mass is 10.0. The maximum Gasteiger partial charge on any atom is 0.257 e. The summed E-state index contributed by atoms with van der Waals surface area (Å²) in [7, 11) is 0. The van der Waals surface area contributed by atoms with Crippen molar-refractivity contribution < 1.29 is 9.59 Å². The maximum atomic E-state index is 12.1. The van der Waals surface area contributed by atoms with Gasteiger partial charge < -0.3 is 5.32 Å². The van der Waals surface area contributed by atoms with Crippen LogP contribution < -0.4 is 10.7 Å². The molecule has 2 N–H and O–H groups in total. The van der Waals surface area contributed by atoms with E-state index in [2.05, 4.69) is 27.8 Å². The Kier molecular flexibility index (Phi) is 4.24. The van der Waals surface area contributed by atoms with E-state index in [1.807, 2.05) is 12.1 Å². The van der Waals surface area contributed by atoms with Gasteiger partial charge in [-0.15, -0.1) is 0 Å². The van der Waals surface area contributed by atoms with Crippen molar-refractivity contribution in [2.75, 3.05) is 6.54 Å². The third kappa shape index (κ3) is 3.36. The van der Waals surface area contributed by atoms with Crippen molar-refractivity contribution in [1.29, 1.82) is 0 Å². The number of rotatable bonds is 2. The first-order chi connectivity index (χ1) is 10.6. The third-order valence-electron chi connectivity index (χ3n) is 3.41. The first kappa shape index (κ1) is 14.8. The van der Waals surface area contributed by atoms with Gasteiger partial charge in [-0.1, -0.05) is 30.8 Å². The molecule has 0 bridgehead atoms. The van der Waals surface area contributed by atoms with Crippen LogP contribution in [0.1, 0.15) is 35.7 Å². The number of carbonyl (C=O) groups excluding carboxylic acids is 2. The summed E-state index contributed by atoms with van der Waals surface area (Å²) in [4.78, 5) is 27.5. The molecule has 0 radical (unpaired) electrons. The minimum atomic E-state index is -0.161. The fraction of sp³-hybridized carbons (Fsp3) is 0.333. The number of hydrogen-bond acceptors (Lipinski definition) is 5. The van der Waals surface area contributed by atoms with Crippen LogP contribution in [0.15, 0.2) is 34.4 Å². The number of hydrogen-bond donors (Lipinski definition) is 2. The lowest BCUT2D eigenvalue weighted by Gasteiger charge is -2.12. The van der Waals surface area contributed by atoms with Gasteiger partial charge in [-0.3, -0.25) is 14.6 Å². The van der Waals surface area contributed by atoms with Gasteiger partial charge in [0.15, 0.2) is 5.17 Å². The number of thioether (sulfide) groups is 1. The van der Waals surface area contributed by atoms with Crippen LogP contribution in [0.2, 0.25) is 0 Å². The van der Waals surface area contributed by atoms with Crippen LogP contribution in [-0.4, -0.2) is 34.5 Å². The van der Waals surface area contributed by atoms with E-state index in [1.165, 1.54) is 0 Å². The van der Waals surface area contributed by atoms with Crippen molar-refractivity contribution in [3.05, 3.63) is 35.4 Å². The zero-order valence-corrected chi connectivity index (χ0v) is 12.9. The van der Waals surface area contributed by atoms with Crippen LogP contribution in [0.3, 0.4) is 0 Å². The Labute approximate surface area is 132 Å². The van der Waals surface area contributed by atoms with Gasteiger partial charge in [0.2, 0.25) is 5.91 Å². The van der Waals surface area contributed by atoms with Crippen LogP contribution in [0.5, 0.6) is 0 Å². The summed E-state index contributed by atoms with van der Waals surface area (Å²) in [6.07, 6.45) is 1.05. The van der Waals surface area contributed by atoms with Crippen LogP contribution in [0.25, 0.3) is 0 Å². The van der Waals surface area contributed by atoms with Gasteiger partial charge in [-0.25, -0.2) is 5.43 Å². The van der Waals surface area contributed by atoms with E-state index in [0.29, 0.717) is 28.8 Å². The molecule has 1 aromatic rings. The van der Waals surface area contributed by atoms with Gasteiger partial charge in [-0.2, -0.15) is 5.10 Å². The molecule has 114 valence electrons. The summed E-state index contributed by atoms with van der Waals surface area (Å²) in [6, 6.07) is 7.20. The Morgan fingerprint density at radius 1 is 1.32 bits per heavy atom. The van der Waals surface area contributed by atoms with Crippen molar-refractivity contribution in [3.8, 4) is 0 Å². The highest BCUT2D eigenvalue weighted by Crippen LogP contribution is 2.19. The number of hydrazone groups is 1. The molecule has 0 saturated carbocycles. The highest BCUT2D eigenvalue weighted by molar-refractivity contribution is 8.14. The quantitative estimate of drug-likeness (QED) is 0.868. The van der Waals surface area contributed by atoms with Crippen molar-refractivity contribution in [1.82, 2.24) is 10.7 Å². The van der Waals surface area contributed by atoms with Gasteiger partial charge in [0.1, 0.15) is 0 Å². The molecule has 7 heteroatoms. The molecule has 0 aromatic heterocycles. The molecule has 1 atom stereocenters. The van der Waals surface area contributed by atoms with Crippen molar-refractivity contribution in [3.63, 3.8) is 0 Å². The molecule has 0 aliphatic carbocycles. The lowest BCUT2D eigenvalue weighted by Crippen LogP contribution is -2.28. The van der Waals surface area contributed by atoms with Gasteiger partial charge in [-0.05, 0) is 17.7 Å². The SMILES string of the molecule is CC1CN=C(NC(=O)c2ccc(C3=NNC(=O)CC3)cc2)S1. The number of nitrogens with zero attached hydrogens (tertiary/aromatic N) is 2. The summed E-state index contributed by atoms with van der Waals surface area (Å²) in [6.45, 7) is 2.82. The fourth-order valence-electron chi connectivity index (χ4n) is 2.21. The standard InChI is InChI=1S/C15H16N4O2S/c1-9-8-16-15(22-9)17-14(21)11-4-2-10(3-5-11)12-6-7-13(20)19-18-12/h2-5,9H,6-8H2,1H3,(H,19,20)(H,16,17,21). The largest absolute Gasteiger partial charge is 0.301 e. The van der Waals surface area contributed by atoms with Crippen molar-refractivity contribution in [2.24, 2.45) is 10.1 Å². The Morgan fingerprint density at radius 2 is 2.09 bits per heavy atom. The molecular weight excluding hydrogens is 300 g/mol. The highest BCUT2D eigenvalue weighted by atomic mass is 32.2. The maximum absolute atomic E-state index is 12.1. The Bertz CT molecular complexity index is 667. The summed E-state index contributed by atoms with van der Waals surface area (Å²) in [5, 5.41) is 7.95. The van der Waals surface area contributed by atoms with Crippen molar-refractivity contribution in [2.45, 2.75) is 25.0 Å². The summed E-state index contributed by atoms with van der Waals surface area (Å²) >= 11 is 1.57. The van der Waals surface area contributed by atoms with Crippen molar-refractivity contribution >= 4 is 34.5 Å². The van der Waals surface area contributed by atoms with E-state index in [-0.39, 0.29) is 11.8 Å². The molecule has 0 fully saturated rings. The number of carbonyl (C=O) groups is 2. The molecular formula is C15H16N4O2S. The predicted octanol–water partition coefficient (Wildman–Crippen LogP) is 1.52. The van der Waals surface area contributed by atoms with Gasteiger partial charge in [0, 0.05) is 23.7 Å². The number of amidine groups is 1.